The molecule has 0 spiro atoms. The lowest BCUT2D eigenvalue weighted by Crippen LogP contribution is -2.51. The van der Waals surface area contributed by atoms with Crippen LogP contribution < -0.4 is 4.74 Å². The molecule has 0 radical (unpaired) electrons. The highest BCUT2D eigenvalue weighted by Gasteiger charge is 2.54. The van der Waals surface area contributed by atoms with Gasteiger partial charge in [-0.05, 0) is 18.9 Å². The number of hydrogen-bond donors (Lipinski definition) is 1. The molecule has 1 fully saturated rings. The van der Waals surface area contributed by atoms with Gasteiger partial charge in [-0.2, -0.15) is 0 Å². The predicted octanol–water partition coefficient (Wildman–Crippen LogP) is 2.15. The zero-order valence-corrected chi connectivity index (χ0v) is 10.6. The summed E-state index contributed by atoms with van der Waals surface area (Å²) in [7, 11) is 1.15. The van der Waals surface area contributed by atoms with Crippen molar-refractivity contribution in [3.63, 3.8) is 0 Å². The summed E-state index contributed by atoms with van der Waals surface area (Å²) >= 11 is 0. The Balaban J connectivity index is 2.42. The van der Waals surface area contributed by atoms with Crippen LogP contribution in [0.15, 0.2) is 24.3 Å². The Hall–Kier alpha value is -1.76. The third-order valence-electron chi connectivity index (χ3n) is 3.37. The number of hydrogen-bond acceptors (Lipinski definition) is 4. The van der Waals surface area contributed by atoms with Crippen molar-refractivity contribution in [2.45, 2.75) is 30.7 Å². The highest BCUT2D eigenvalue weighted by molar-refractivity contribution is 5.85. The first kappa shape index (κ1) is 14.6. The molecule has 4 nitrogen and oxygen atoms in total. The first-order valence-corrected chi connectivity index (χ1v) is 5.90. The molecule has 0 aliphatic heterocycles. The number of halogens is 3. The molecular formula is C13H13F3O4. The van der Waals surface area contributed by atoms with Crippen molar-refractivity contribution in [3.8, 4) is 5.75 Å². The van der Waals surface area contributed by atoms with Gasteiger partial charge in [-0.3, -0.25) is 4.79 Å². The average Bonchev–Trinajstić information content (AvgIpc) is 2.33. The molecule has 1 N–H and O–H groups in total. The topological polar surface area (TPSA) is 55.8 Å². The van der Waals surface area contributed by atoms with Gasteiger partial charge in [-0.1, -0.05) is 18.2 Å². The number of aliphatic hydroxyl groups excluding tert-OH is 1. The van der Waals surface area contributed by atoms with Crippen molar-refractivity contribution in [1.82, 2.24) is 0 Å². The Morgan fingerprint density at radius 1 is 1.35 bits per heavy atom. The molecule has 2 rings (SSSR count). The van der Waals surface area contributed by atoms with Crippen LogP contribution in [0.3, 0.4) is 0 Å². The van der Waals surface area contributed by atoms with E-state index >= 15 is 0 Å². The first-order chi connectivity index (χ1) is 9.28. The maximum Gasteiger partial charge on any atom is 0.573 e. The van der Waals surface area contributed by atoms with Crippen LogP contribution in [0.4, 0.5) is 13.2 Å². The second-order valence-corrected chi connectivity index (χ2v) is 4.68. The van der Waals surface area contributed by atoms with Gasteiger partial charge >= 0.3 is 12.3 Å². The Morgan fingerprint density at radius 2 is 1.95 bits per heavy atom. The van der Waals surface area contributed by atoms with E-state index in [0.29, 0.717) is 0 Å². The molecular weight excluding hydrogens is 277 g/mol. The van der Waals surface area contributed by atoms with Crippen molar-refractivity contribution in [1.29, 1.82) is 0 Å². The standard InChI is InChI=1S/C13H13F3O4/c1-19-11(18)12(6-8(17)7-12)9-4-2-3-5-10(9)20-13(14,15)16/h2-5,8,17H,6-7H2,1H3. The third kappa shape index (κ3) is 2.58. The van der Waals surface area contributed by atoms with Crippen molar-refractivity contribution in [3.05, 3.63) is 29.8 Å². The fourth-order valence-electron chi connectivity index (χ4n) is 2.51. The van der Waals surface area contributed by atoms with Crippen LogP contribution in [0, 0.1) is 0 Å². The van der Waals surface area contributed by atoms with Crippen molar-refractivity contribution in [2.75, 3.05) is 7.11 Å². The molecule has 0 amide bonds. The maximum atomic E-state index is 12.4. The second kappa shape index (κ2) is 4.97. The third-order valence-corrected chi connectivity index (χ3v) is 3.37. The van der Waals surface area contributed by atoms with E-state index in [4.69, 9.17) is 0 Å². The summed E-state index contributed by atoms with van der Waals surface area (Å²) < 4.78 is 45.8. The average molecular weight is 290 g/mol. The minimum atomic E-state index is -4.85. The van der Waals surface area contributed by atoms with Crippen LogP contribution >= 0.6 is 0 Å². The summed E-state index contributed by atoms with van der Waals surface area (Å²) in [5.41, 5.74) is -1.20. The van der Waals surface area contributed by atoms with E-state index in [1.807, 2.05) is 0 Å². The fourth-order valence-corrected chi connectivity index (χ4v) is 2.51. The number of esters is 1. The molecule has 0 unspecified atom stereocenters. The van der Waals surface area contributed by atoms with E-state index in [-0.39, 0.29) is 18.4 Å². The number of benzene rings is 1. The van der Waals surface area contributed by atoms with Gasteiger partial charge in [-0.15, -0.1) is 13.2 Å². The molecule has 0 atom stereocenters. The zero-order valence-electron chi connectivity index (χ0n) is 10.6. The molecule has 1 aromatic rings. The molecule has 7 heteroatoms. The Morgan fingerprint density at radius 3 is 2.45 bits per heavy atom. The number of aliphatic hydroxyl groups is 1. The molecule has 0 saturated heterocycles. The van der Waals surface area contributed by atoms with E-state index in [1.165, 1.54) is 18.2 Å². The van der Waals surface area contributed by atoms with Crippen LogP contribution in [0.25, 0.3) is 0 Å². The SMILES string of the molecule is COC(=O)C1(c2ccccc2OC(F)(F)F)CC(O)C1. The van der Waals surface area contributed by atoms with Gasteiger partial charge in [0.1, 0.15) is 11.2 Å². The maximum absolute atomic E-state index is 12.4. The summed E-state index contributed by atoms with van der Waals surface area (Å²) in [5.74, 6) is -1.13. The van der Waals surface area contributed by atoms with Crippen molar-refractivity contribution < 1.29 is 32.5 Å². The number of carbonyl (C=O) groups is 1. The molecule has 1 saturated carbocycles. The largest absolute Gasteiger partial charge is 0.573 e. The Labute approximate surface area is 113 Å². The Kier molecular flexibility index (Phi) is 3.64. The molecule has 0 aromatic heterocycles. The minimum Gasteiger partial charge on any atom is -0.468 e. The van der Waals surface area contributed by atoms with Crippen LogP contribution in [0.1, 0.15) is 18.4 Å². The molecule has 0 bridgehead atoms. The molecule has 0 heterocycles. The second-order valence-electron chi connectivity index (χ2n) is 4.68. The minimum absolute atomic E-state index is 0.0118. The molecule has 1 aromatic carbocycles. The Bertz CT molecular complexity index is 507. The van der Waals surface area contributed by atoms with Gasteiger partial charge in [0.15, 0.2) is 0 Å². The lowest BCUT2D eigenvalue weighted by molar-refractivity contribution is -0.275. The van der Waals surface area contributed by atoms with E-state index < -0.39 is 29.6 Å². The number of methoxy groups -OCH3 is 1. The summed E-state index contributed by atoms with van der Waals surface area (Å²) in [6.07, 6.45) is -5.57. The summed E-state index contributed by atoms with van der Waals surface area (Å²) in [4.78, 5) is 11.9. The summed E-state index contributed by atoms with van der Waals surface area (Å²) in [6, 6.07) is 5.40. The van der Waals surface area contributed by atoms with Crippen LogP contribution in [0.2, 0.25) is 0 Å². The number of ether oxygens (including phenoxy) is 2. The number of rotatable bonds is 3. The normalized spacial score (nSPS) is 25.8. The summed E-state index contributed by atoms with van der Waals surface area (Å²) in [5, 5.41) is 9.44. The van der Waals surface area contributed by atoms with Gasteiger partial charge in [0.25, 0.3) is 0 Å². The van der Waals surface area contributed by atoms with Gasteiger partial charge in [0.05, 0.1) is 13.2 Å². The lowest BCUT2D eigenvalue weighted by atomic mass is 9.62. The van der Waals surface area contributed by atoms with E-state index in [9.17, 15) is 23.1 Å². The van der Waals surface area contributed by atoms with Gasteiger partial charge in [0.2, 0.25) is 0 Å². The van der Waals surface area contributed by atoms with Gasteiger partial charge < -0.3 is 14.6 Å². The predicted molar refractivity (Wildman–Crippen MR) is 62.1 cm³/mol. The lowest BCUT2D eigenvalue weighted by Gasteiger charge is -2.43. The summed E-state index contributed by atoms with van der Waals surface area (Å²) in [6.45, 7) is 0. The van der Waals surface area contributed by atoms with E-state index in [0.717, 1.165) is 13.2 Å². The van der Waals surface area contributed by atoms with Crippen molar-refractivity contribution in [2.24, 2.45) is 0 Å². The quantitative estimate of drug-likeness (QED) is 0.867. The van der Waals surface area contributed by atoms with E-state index in [2.05, 4.69) is 9.47 Å². The van der Waals surface area contributed by atoms with Crippen LogP contribution in [-0.4, -0.2) is 30.7 Å². The molecule has 20 heavy (non-hydrogen) atoms. The van der Waals surface area contributed by atoms with Crippen LogP contribution in [0.5, 0.6) is 5.75 Å². The smallest absolute Gasteiger partial charge is 0.468 e. The first-order valence-electron chi connectivity index (χ1n) is 5.90. The highest BCUT2D eigenvalue weighted by Crippen LogP contribution is 2.48. The number of alkyl halides is 3. The van der Waals surface area contributed by atoms with Crippen molar-refractivity contribution >= 4 is 5.97 Å². The van der Waals surface area contributed by atoms with E-state index in [1.54, 1.807) is 0 Å². The number of carbonyl (C=O) groups excluding carboxylic acids is 1. The molecule has 1 aliphatic carbocycles. The fraction of sp³-hybridized carbons (Fsp3) is 0.462. The van der Waals surface area contributed by atoms with Crippen LogP contribution in [-0.2, 0) is 14.9 Å². The molecule has 110 valence electrons. The van der Waals surface area contributed by atoms with Gasteiger partial charge in [0, 0.05) is 5.56 Å². The monoisotopic (exact) mass is 290 g/mol. The number of para-hydroxylation sites is 1. The molecule has 1 aliphatic rings. The zero-order chi connectivity index (χ0) is 15.0. The highest BCUT2D eigenvalue weighted by atomic mass is 19.4. The van der Waals surface area contributed by atoms with Gasteiger partial charge in [-0.25, -0.2) is 0 Å².